The maximum Gasteiger partial charge on any atom is 0.343 e. The molecular formula is C27H26O6. The van der Waals surface area contributed by atoms with Crippen LogP contribution in [0.4, 0.5) is 0 Å². The quantitative estimate of drug-likeness (QED) is 0.243. The standard InChI is InChI=1S/C27H26O6/c28-27(33-24-9-1-19(2-10-24)15-29-16-26-18-32-26)22-5-3-20(4-6-22)21-7-11-23(12-8-21)30-14-13-25-17-31-25/h1-12,25-26H,13-18H2. The van der Waals surface area contributed by atoms with Gasteiger partial charge in [0.05, 0.1) is 44.7 Å². The van der Waals surface area contributed by atoms with E-state index in [0.29, 0.717) is 37.2 Å². The third-order valence-corrected chi connectivity index (χ3v) is 5.53. The second kappa shape index (κ2) is 10.2. The Morgan fingerprint density at radius 3 is 2.03 bits per heavy atom. The summed E-state index contributed by atoms with van der Waals surface area (Å²) < 4.78 is 27.1. The van der Waals surface area contributed by atoms with Crippen molar-refractivity contribution in [2.45, 2.75) is 25.2 Å². The number of carbonyl (C=O) groups excluding carboxylic acids is 1. The van der Waals surface area contributed by atoms with E-state index >= 15 is 0 Å². The summed E-state index contributed by atoms with van der Waals surface area (Å²) in [7, 11) is 0. The zero-order valence-electron chi connectivity index (χ0n) is 18.3. The molecule has 2 heterocycles. The van der Waals surface area contributed by atoms with E-state index in [1.54, 1.807) is 24.3 Å². The fraction of sp³-hybridized carbons (Fsp3) is 0.296. The van der Waals surface area contributed by atoms with E-state index in [1.165, 1.54) is 0 Å². The van der Waals surface area contributed by atoms with Crippen LogP contribution < -0.4 is 9.47 Å². The fourth-order valence-corrected chi connectivity index (χ4v) is 3.38. The highest BCUT2D eigenvalue weighted by Crippen LogP contribution is 2.24. The Labute approximate surface area is 193 Å². The molecule has 2 aliphatic heterocycles. The van der Waals surface area contributed by atoms with E-state index in [4.69, 9.17) is 23.7 Å². The SMILES string of the molecule is O=C(Oc1ccc(COCC2CO2)cc1)c1ccc(-c2ccc(OCCC3CO3)cc2)cc1. The van der Waals surface area contributed by atoms with Gasteiger partial charge in [0.1, 0.15) is 17.6 Å². The van der Waals surface area contributed by atoms with Crippen molar-refractivity contribution in [3.05, 3.63) is 83.9 Å². The van der Waals surface area contributed by atoms with Crippen molar-refractivity contribution in [3.8, 4) is 22.6 Å². The van der Waals surface area contributed by atoms with Crippen molar-refractivity contribution in [2.24, 2.45) is 0 Å². The van der Waals surface area contributed by atoms with Gasteiger partial charge < -0.3 is 23.7 Å². The summed E-state index contributed by atoms with van der Waals surface area (Å²) in [4.78, 5) is 12.5. The lowest BCUT2D eigenvalue weighted by Crippen LogP contribution is -2.08. The van der Waals surface area contributed by atoms with Gasteiger partial charge in [-0.2, -0.15) is 0 Å². The molecule has 0 radical (unpaired) electrons. The number of hydrogen-bond acceptors (Lipinski definition) is 6. The number of rotatable bonds is 11. The lowest BCUT2D eigenvalue weighted by atomic mass is 10.0. The molecule has 2 atom stereocenters. The van der Waals surface area contributed by atoms with Crippen LogP contribution in [0.2, 0.25) is 0 Å². The summed E-state index contributed by atoms with van der Waals surface area (Å²) in [5, 5.41) is 0. The fourth-order valence-electron chi connectivity index (χ4n) is 3.38. The first-order valence-electron chi connectivity index (χ1n) is 11.2. The molecule has 0 bridgehead atoms. The summed E-state index contributed by atoms with van der Waals surface area (Å²) in [5.41, 5.74) is 3.59. The molecule has 0 saturated carbocycles. The van der Waals surface area contributed by atoms with Crippen LogP contribution in [0.5, 0.6) is 11.5 Å². The van der Waals surface area contributed by atoms with Gasteiger partial charge in [0.15, 0.2) is 0 Å². The molecule has 6 nitrogen and oxygen atoms in total. The molecule has 3 aromatic carbocycles. The van der Waals surface area contributed by atoms with Crippen molar-refractivity contribution in [1.82, 2.24) is 0 Å². The molecule has 0 aliphatic carbocycles. The number of carbonyl (C=O) groups is 1. The van der Waals surface area contributed by atoms with E-state index in [2.05, 4.69) is 0 Å². The first kappa shape index (κ1) is 21.6. The molecule has 3 aromatic rings. The van der Waals surface area contributed by atoms with Gasteiger partial charge in [-0.1, -0.05) is 36.4 Å². The van der Waals surface area contributed by atoms with Crippen molar-refractivity contribution in [3.63, 3.8) is 0 Å². The van der Waals surface area contributed by atoms with Crippen LogP contribution in [0.1, 0.15) is 22.3 Å². The van der Waals surface area contributed by atoms with Gasteiger partial charge >= 0.3 is 5.97 Å². The van der Waals surface area contributed by atoms with Gasteiger partial charge in [-0.25, -0.2) is 4.79 Å². The van der Waals surface area contributed by atoms with Crippen LogP contribution in [0, 0.1) is 0 Å². The molecule has 33 heavy (non-hydrogen) atoms. The Balaban J connectivity index is 1.12. The maximum atomic E-state index is 12.5. The van der Waals surface area contributed by atoms with E-state index in [1.807, 2.05) is 48.5 Å². The molecule has 5 rings (SSSR count). The topological polar surface area (TPSA) is 69.8 Å². The van der Waals surface area contributed by atoms with Crippen LogP contribution in [-0.4, -0.2) is 44.6 Å². The highest BCUT2D eigenvalue weighted by Gasteiger charge is 2.22. The van der Waals surface area contributed by atoms with Gasteiger partial charge in [-0.3, -0.25) is 0 Å². The van der Waals surface area contributed by atoms with Gasteiger partial charge in [0, 0.05) is 6.42 Å². The molecular weight excluding hydrogens is 420 g/mol. The lowest BCUT2D eigenvalue weighted by Gasteiger charge is -2.08. The monoisotopic (exact) mass is 446 g/mol. The van der Waals surface area contributed by atoms with Gasteiger partial charge in [0.2, 0.25) is 0 Å². The normalized spacial score (nSPS) is 18.5. The van der Waals surface area contributed by atoms with Crippen molar-refractivity contribution >= 4 is 5.97 Å². The average Bonchev–Trinajstić information content (AvgIpc) is 3.77. The molecule has 170 valence electrons. The number of ether oxygens (including phenoxy) is 5. The summed E-state index contributed by atoms with van der Waals surface area (Å²) in [6, 6.07) is 22.7. The van der Waals surface area contributed by atoms with Crippen molar-refractivity contribution < 1.29 is 28.5 Å². The molecule has 2 saturated heterocycles. The van der Waals surface area contributed by atoms with Crippen LogP contribution in [0.3, 0.4) is 0 Å². The summed E-state index contributed by atoms with van der Waals surface area (Å²) in [6.45, 7) is 3.42. The third-order valence-electron chi connectivity index (χ3n) is 5.53. The largest absolute Gasteiger partial charge is 0.493 e. The highest BCUT2D eigenvalue weighted by atomic mass is 16.6. The van der Waals surface area contributed by atoms with Crippen molar-refractivity contribution in [1.29, 1.82) is 0 Å². The number of epoxide rings is 2. The van der Waals surface area contributed by atoms with Crippen LogP contribution in [-0.2, 0) is 20.8 Å². The van der Waals surface area contributed by atoms with E-state index in [-0.39, 0.29) is 12.1 Å². The van der Waals surface area contributed by atoms with Gasteiger partial charge in [-0.15, -0.1) is 0 Å². The second-order valence-corrected chi connectivity index (χ2v) is 8.20. The first-order chi connectivity index (χ1) is 16.2. The number of hydrogen-bond donors (Lipinski definition) is 0. The highest BCUT2D eigenvalue weighted by molar-refractivity contribution is 5.91. The summed E-state index contributed by atoms with van der Waals surface area (Å²) >= 11 is 0. The summed E-state index contributed by atoms with van der Waals surface area (Å²) in [5.74, 6) is 0.955. The zero-order valence-corrected chi connectivity index (χ0v) is 18.3. The van der Waals surface area contributed by atoms with Crippen LogP contribution >= 0.6 is 0 Å². The number of benzene rings is 3. The van der Waals surface area contributed by atoms with Crippen LogP contribution in [0.15, 0.2) is 72.8 Å². The van der Waals surface area contributed by atoms with Gasteiger partial charge in [0.25, 0.3) is 0 Å². The minimum Gasteiger partial charge on any atom is -0.493 e. The Bertz CT molecular complexity index is 1050. The first-order valence-corrected chi connectivity index (χ1v) is 11.2. The average molecular weight is 446 g/mol. The second-order valence-electron chi connectivity index (χ2n) is 8.20. The van der Waals surface area contributed by atoms with E-state index in [9.17, 15) is 4.79 Å². The number of esters is 1. The molecule has 2 aliphatic rings. The molecule has 0 aromatic heterocycles. The van der Waals surface area contributed by atoms with E-state index < -0.39 is 0 Å². The minimum atomic E-state index is -0.389. The zero-order chi connectivity index (χ0) is 22.5. The van der Waals surface area contributed by atoms with E-state index in [0.717, 1.165) is 42.1 Å². The predicted molar refractivity (Wildman–Crippen MR) is 123 cm³/mol. The third kappa shape index (κ3) is 6.42. The predicted octanol–water partition coefficient (Wildman–Crippen LogP) is 4.66. The van der Waals surface area contributed by atoms with Gasteiger partial charge in [-0.05, 0) is 53.1 Å². The molecule has 6 heteroatoms. The molecule has 2 unspecified atom stereocenters. The minimum absolute atomic E-state index is 0.252. The lowest BCUT2D eigenvalue weighted by molar-refractivity contribution is 0.0734. The van der Waals surface area contributed by atoms with Crippen molar-refractivity contribution in [2.75, 3.05) is 26.4 Å². The van der Waals surface area contributed by atoms with Crippen LogP contribution in [0.25, 0.3) is 11.1 Å². The Morgan fingerprint density at radius 1 is 0.788 bits per heavy atom. The molecule has 0 amide bonds. The Morgan fingerprint density at radius 2 is 1.39 bits per heavy atom. The summed E-state index contributed by atoms with van der Waals surface area (Å²) in [6.07, 6.45) is 1.55. The molecule has 0 spiro atoms. The Hall–Kier alpha value is -3.19. The molecule has 0 N–H and O–H groups in total. The Kier molecular flexibility index (Phi) is 6.67. The smallest absolute Gasteiger partial charge is 0.343 e. The maximum absolute atomic E-state index is 12.5. The molecule has 2 fully saturated rings.